The van der Waals surface area contributed by atoms with Crippen molar-refractivity contribution in [3.05, 3.63) is 24.3 Å². The third-order valence-electron chi connectivity index (χ3n) is 16.6. The van der Waals surface area contributed by atoms with E-state index in [4.69, 9.17) is 18.9 Å². The minimum Gasteiger partial charge on any atom is -0.394 e. The normalized spacial score (nSPS) is 24.3. The summed E-state index contributed by atoms with van der Waals surface area (Å²) in [4.78, 5) is 13.3. The Labute approximate surface area is 488 Å². The molecule has 0 saturated carbocycles. The van der Waals surface area contributed by atoms with Gasteiger partial charge in [0.1, 0.15) is 48.8 Å². The number of carbonyl (C=O) groups excluding carboxylic acids is 1. The molecule has 2 aliphatic heterocycles. The quantitative estimate of drug-likeness (QED) is 0.0204. The van der Waals surface area contributed by atoms with Gasteiger partial charge < -0.3 is 65.1 Å². The average Bonchev–Trinajstić information content (AvgIpc) is 3.48. The molecule has 472 valence electrons. The van der Waals surface area contributed by atoms with Gasteiger partial charge in [-0.1, -0.05) is 269 Å². The van der Waals surface area contributed by atoms with E-state index >= 15 is 0 Å². The number of aliphatic hydroxyl groups is 8. The van der Waals surface area contributed by atoms with Crippen molar-refractivity contribution in [2.24, 2.45) is 0 Å². The highest BCUT2D eigenvalue weighted by atomic mass is 16.7. The number of rotatable bonds is 55. The molecule has 2 saturated heterocycles. The van der Waals surface area contributed by atoms with Gasteiger partial charge in [0.2, 0.25) is 5.91 Å². The molecular formula is C66H125NO13. The van der Waals surface area contributed by atoms with Crippen LogP contribution in [-0.4, -0.2) is 140 Å². The maximum atomic E-state index is 13.3. The monoisotopic (exact) mass is 1140 g/mol. The second-order valence-electron chi connectivity index (χ2n) is 24.0. The van der Waals surface area contributed by atoms with Crippen LogP contribution < -0.4 is 5.32 Å². The van der Waals surface area contributed by atoms with Crippen LogP contribution in [-0.2, 0) is 23.7 Å². The standard InChI is InChI=1S/C66H125NO13/c1-3-5-7-9-11-13-15-17-19-21-23-24-25-26-27-28-29-30-32-33-35-37-39-41-43-45-47-49-55(70)54(67-58(71)50-48-46-44-42-40-38-36-34-31-22-20-18-16-14-12-10-8-6-4-2)53-77-65-63(76)61(74)64(57(52-69)79-65)80-66-62(75)60(73)59(72)56(51-68)78-66/h18,20,47,49,54-57,59-66,68-70,72-76H,3-17,19,21-46,48,50-53H2,1-2H3,(H,67,71)/b20-18-,49-47+. The van der Waals surface area contributed by atoms with E-state index in [1.807, 2.05) is 6.08 Å². The first-order valence-electron chi connectivity index (χ1n) is 33.6. The van der Waals surface area contributed by atoms with Gasteiger partial charge in [-0.05, 0) is 44.9 Å². The smallest absolute Gasteiger partial charge is 0.220 e. The first-order chi connectivity index (χ1) is 39.1. The fourth-order valence-electron chi connectivity index (χ4n) is 11.2. The Hall–Kier alpha value is -1.53. The molecule has 0 bridgehead atoms. The van der Waals surface area contributed by atoms with Crippen molar-refractivity contribution in [3.8, 4) is 0 Å². The summed E-state index contributed by atoms with van der Waals surface area (Å²) < 4.78 is 22.8. The van der Waals surface area contributed by atoms with Crippen LogP contribution in [0.5, 0.6) is 0 Å². The second-order valence-corrected chi connectivity index (χ2v) is 24.0. The van der Waals surface area contributed by atoms with Gasteiger partial charge in [0.15, 0.2) is 12.6 Å². The molecule has 14 nitrogen and oxygen atoms in total. The molecule has 14 heteroatoms. The first-order valence-corrected chi connectivity index (χ1v) is 33.6. The number of unbranched alkanes of at least 4 members (excludes halogenated alkanes) is 40. The topological polar surface area (TPSA) is 228 Å². The summed E-state index contributed by atoms with van der Waals surface area (Å²) in [5.74, 6) is -0.237. The number of hydrogen-bond acceptors (Lipinski definition) is 13. The molecule has 0 aromatic rings. The van der Waals surface area contributed by atoms with Crippen LogP contribution in [0.4, 0.5) is 0 Å². The maximum absolute atomic E-state index is 13.3. The van der Waals surface area contributed by atoms with Crippen molar-refractivity contribution in [3.63, 3.8) is 0 Å². The number of carbonyl (C=O) groups is 1. The lowest BCUT2D eigenvalue weighted by atomic mass is 9.97. The number of ether oxygens (including phenoxy) is 4. The van der Waals surface area contributed by atoms with Gasteiger partial charge in [-0.15, -0.1) is 0 Å². The van der Waals surface area contributed by atoms with E-state index in [0.717, 1.165) is 38.5 Å². The van der Waals surface area contributed by atoms with E-state index in [0.29, 0.717) is 6.42 Å². The molecule has 9 N–H and O–H groups in total. The van der Waals surface area contributed by atoms with Crippen LogP contribution in [0.25, 0.3) is 0 Å². The van der Waals surface area contributed by atoms with Crippen molar-refractivity contribution < 1.29 is 64.6 Å². The molecule has 2 fully saturated rings. The van der Waals surface area contributed by atoms with Crippen molar-refractivity contribution in [2.75, 3.05) is 19.8 Å². The number of amides is 1. The molecular weight excluding hydrogens is 1010 g/mol. The zero-order valence-corrected chi connectivity index (χ0v) is 51.1. The summed E-state index contributed by atoms with van der Waals surface area (Å²) >= 11 is 0. The van der Waals surface area contributed by atoms with Crippen LogP contribution in [0, 0.1) is 0 Å². The summed E-state index contributed by atoms with van der Waals surface area (Å²) in [6.45, 7) is 2.83. The van der Waals surface area contributed by atoms with E-state index in [9.17, 15) is 45.6 Å². The van der Waals surface area contributed by atoms with Crippen LogP contribution in [0.2, 0.25) is 0 Å². The number of allylic oxidation sites excluding steroid dienone is 3. The van der Waals surface area contributed by atoms with Crippen molar-refractivity contribution >= 4 is 5.91 Å². The Kier molecular flexibility index (Phi) is 48.3. The predicted molar refractivity (Wildman–Crippen MR) is 323 cm³/mol. The summed E-state index contributed by atoms with van der Waals surface area (Å²) in [6, 6.07) is -0.915. The minimum absolute atomic E-state index is 0.237. The predicted octanol–water partition coefficient (Wildman–Crippen LogP) is 12.8. The molecule has 12 atom stereocenters. The molecule has 0 radical (unpaired) electrons. The van der Waals surface area contributed by atoms with Crippen LogP contribution >= 0.6 is 0 Å². The van der Waals surface area contributed by atoms with Gasteiger partial charge >= 0.3 is 0 Å². The summed E-state index contributed by atoms with van der Waals surface area (Å²) in [6.07, 6.45) is 46.5. The van der Waals surface area contributed by atoms with Crippen molar-refractivity contribution in [1.82, 2.24) is 5.32 Å². The molecule has 0 aromatic carbocycles. The molecule has 2 heterocycles. The molecule has 0 spiro atoms. The highest BCUT2D eigenvalue weighted by Gasteiger charge is 2.51. The van der Waals surface area contributed by atoms with E-state index < -0.39 is 86.8 Å². The van der Waals surface area contributed by atoms with E-state index in [1.54, 1.807) is 6.08 Å². The molecule has 0 aliphatic carbocycles. The lowest BCUT2D eigenvalue weighted by Gasteiger charge is -2.46. The Bertz CT molecular complexity index is 1440. The fraction of sp³-hybridized carbons (Fsp3) is 0.924. The SMILES string of the molecule is CCCCCCCC/C=C\CCCCCCCCCCCC(=O)NC(COC1OC(CO)C(OC2OC(CO)C(O)C(O)C2O)C(O)C1O)C(O)/C=C/CCCCCCCCCCCCCCCCCCCCCCCCCCC. The zero-order chi connectivity index (χ0) is 58.1. The van der Waals surface area contributed by atoms with Crippen LogP contribution in [0.3, 0.4) is 0 Å². The number of aliphatic hydroxyl groups excluding tert-OH is 8. The van der Waals surface area contributed by atoms with Gasteiger partial charge in [0.05, 0.1) is 32.0 Å². The van der Waals surface area contributed by atoms with E-state index in [1.165, 1.54) is 231 Å². The van der Waals surface area contributed by atoms with Crippen LogP contribution in [0.1, 0.15) is 296 Å². The third kappa shape index (κ3) is 36.3. The number of nitrogens with one attached hydrogen (secondary N) is 1. The van der Waals surface area contributed by atoms with Crippen molar-refractivity contribution in [2.45, 2.75) is 370 Å². The highest BCUT2D eigenvalue weighted by molar-refractivity contribution is 5.76. The minimum atomic E-state index is -1.79. The van der Waals surface area contributed by atoms with Gasteiger partial charge in [-0.25, -0.2) is 0 Å². The lowest BCUT2D eigenvalue weighted by Crippen LogP contribution is -2.65. The summed E-state index contributed by atoms with van der Waals surface area (Å²) in [7, 11) is 0. The molecule has 1 amide bonds. The van der Waals surface area contributed by atoms with Crippen LogP contribution in [0.15, 0.2) is 24.3 Å². The van der Waals surface area contributed by atoms with Gasteiger partial charge in [0.25, 0.3) is 0 Å². The average molecular weight is 1140 g/mol. The zero-order valence-electron chi connectivity index (χ0n) is 51.1. The summed E-state index contributed by atoms with van der Waals surface area (Å²) in [5, 5.41) is 87.3. The molecule has 2 rings (SSSR count). The molecule has 2 aliphatic rings. The molecule has 0 aromatic heterocycles. The lowest BCUT2D eigenvalue weighted by molar-refractivity contribution is -0.359. The first kappa shape index (κ1) is 74.6. The number of hydrogen-bond donors (Lipinski definition) is 9. The Morgan fingerprint density at radius 1 is 0.438 bits per heavy atom. The Morgan fingerprint density at radius 3 is 1.19 bits per heavy atom. The Balaban J connectivity index is 1.70. The largest absolute Gasteiger partial charge is 0.394 e. The summed E-state index contributed by atoms with van der Waals surface area (Å²) in [5.41, 5.74) is 0. The van der Waals surface area contributed by atoms with Gasteiger partial charge in [-0.2, -0.15) is 0 Å². The highest BCUT2D eigenvalue weighted by Crippen LogP contribution is 2.30. The Morgan fingerprint density at radius 2 is 0.787 bits per heavy atom. The van der Waals surface area contributed by atoms with Crippen molar-refractivity contribution in [1.29, 1.82) is 0 Å². The van der Waals surface area contributed by atoms with E-state index in [-0.39, 0.29) is 18.9 Å². The van der Waals surface area contributed by atoms with Gasteiger partial charge in [-0.3, -0.25) is 4.79 Å². The second kappa shape index (κ2) is 51.9. The fourth-order valence-corrected chi connectivity index (χ4v) is 11.2. The molecule has 80 heavy (non-hydrogen) atoms. The molecule has 12 unspecified atom stereocenters. The third-order valence-corrected chi connectivity index (χ3v) is 16.6. The maximum Gasteiger partial charge on any atom is 0.220 e. The van der Waals surface area contributed by atoms with Gasteiger partial charge in [0, 0.05) is 6.42 Å². The van der Waals surface area contributed by atoms with E-state index in [2.05, 4.69) is 31.3 Å².